The van der Waals surface area contributed by atoms with E-state index in [1.54, 1.807) is 13.8 Å². The molecular weight excluding hydrogens is 316 g/mol. The first-order valence-electron chi connectivity index (χ1n) is 8.63. The Morgan fingerprint density at radius 3 is 2.04 bits per heavy atom. The van der Waals surface area contributed by atoms with E-state index < -0.39 is 0 Å². The van der Waals surface area contributed by atoms with Crippen molar-refractivity contribution in [3.05, 3.63) is 60.2 Å². The molecular formula is C21H28O4. The van der Waals surface area contributed by atoms with Crippen LogP contribution in [0.3, 0.4) is 0 Å². The SMILES string of the molecule is C=C(C)C(=O)OC1CCCCC1.C=C(C)C(=O)OCc1ccccc1. The first-order valence-corrected chi connectivity index (χ1v) is 8.63. The molecule has 0 amide bonds. The Morgan fingerprint density at radius 1 is 0.960 bits per heavy atom. The van der Waals surface area contributed by atoms with Gasteiger partial charge in [0.2, 0.25) is 0 Å². The normalized spacial score (nSPS) is 13.8. The van der Waals surface area contributed by atoms with Crippen molar-refractivity contribution in [1.29, 1.82) is 0 Å². The van der Waals surface area contributed by atoms with E-state index in [2.05, 4.69) is 13.2 Å². The Hall–Kier alpha value is -2.36. The van der Waals surface area contributed by atoms with Crippen LogP contribution in [0.5, 0.6) is 0 Å². The van der Waals surface area contributed by atoms with Crippen molar-refractivity contribution in [2.24, 2.45) is 0 Å². The summed E-state index contributed by atoms with van der Waals surface area (Å²) in [6.45, 7) is 10.7. The lowest BCUT2D eigenvalue weighted by molar-refractivity contribution is -0.145. The van der Waals surface area contributed by atoms with E-state index in [0.29, 0.717) is 17.8 Å². The molecule has 1 aromatic rings. The Balaban J connectivity index is 0.000000251. The molecule has 0 saturated heterocycles. The molecule has 2 rings (SSSR count). The van der Waals surface area contributed by atoms with Crippen molar-refractivity contribution in [2.45, 2.75) is 58.7 Å². The lowest BCUT2D eigenvalue weighted by Gasteiger charge is -2.21. The highest BCUT2D eigenvalue weighted by molar-refractivity contribution is 5.87. The van der Waals surface area contributed by atoms with Gasteiger partial charge < -0.3 is 9.47 Å². The molecule has 1 aliphatic carbocycles. The molecule has 1 fully saturated rings. The third kappa shape index (κ3) is 8.89. The predicted molar refractivity (Wildman–Crippen MR) is 98.8 cm³/mol. The first-order chi connectivity index (χ1) is 11.9. The topological polar surface area (TPSA) is 52.6 Å². The van der Waals surface area contributed by atoms with E-state index in [9.17, 15) is 9.59 Å². The van der Waals surface area contributed by atoms with E-state index in [1.807, 2.05) is 30.3 Å². The number of esters is 2. The summed E-state index contributed by atoms with van der Waals surface area (Å²) in [5.41, 5.74) is 1.91. The molecule has 4 nitrogen and oxygen atoms in total. The predicted octanol–water partition coefficient (Wildman–Crippen LogP) is 4.74. The van der Waals surface area contributed by atoms with Gasteiger partial charge in [0.1, 0.15) is 12.7 Å². The fraction of sp³-hybridized carbons (Fsp3) is 0.429. The molecule has 0 atom stereocenters. The standard InChI is InChI=1S/C11H12O2.C10H16O2/c1-9(2)11(12)13-8-10-6-4-3-5-7-10;1-8(2)10(11)12-9-6-4-3-5-7-9/h3-7H,1,8H2,2H3;9H,1,3-7H2,2H3. The van der Waals surface area contributed by atoms with Crippen LogP contribution in [0.4, 0.5) is 0 Å². The van der Waals surface area contributed by atoms with Gasteiger partial charge >= 0.3 is 11.9 Å². The average Bonchev–Trinajstić information content (AvgIpc) is 2.61. The zero-order valence-corrected chi connectivity index (χ0v) is 15.3. The third-order valence-corrected chi connectivity index (χ3v) is 3.74. The summed E-state index contributed by atoms with van der Waals surface area (Å²) < 4.78 is 10.2. The summed E-state index contributed by atoms with van der Waals surface area (Å²) in [6, 6.07) is 9.55. The molecule has 25 heavy (non-hydrogen) atoms. The zero-order valence-electron chi connectivity index (χ0n) is 15.3. The maximum absolute atomic E-state index is 11.1. The summed E-state index contributed by atoms with van der Waals surface area (Å²) in [5, 5.41) is 0. The first kappa shape index (κ1) is 20.7. The number of rotatable bonds is 5. The van der Waals surface area contributed by atoms with Gasteiger partial charge in [-0.25, -0.2) is 9.59 Å². The molecule has 1 aromatic carbocycles. The molecule has 0 spiro atoms. The van der Waals surface area contributed by atoms with Crippen LogP contribution in [0.15, 0.2) is 54.6 Å². The van der Waals surface area contributed by atoms with E-state index >= 15 is 0 Å². The minimum atomic E-state index is -0.344. The number of carbonyl (C=O) groups is 2. The van der Waals surface area contributed by atoms with Crippen LogP contribution < -0.4 is 0 Å². The Kier molecular flexibility index (Phi) is 9.30. The Morgan fingerprint density at radius 2 is 1.52 bits per heavy atom. The fourth-order valence-corrected chi connectivity index (χ4v) is 2.28. The zero-order chi connectivity index (χ0) is 18.7. The van der Waals surface area contributed by atoms with Gasteiger partial charge in [-0.05, 0) is 45.1 Å². The average molecular weight is 344 g/mol. The lowest BCUT2D eigenvalue weighted by Crippen LogP contribution is -2.20. The number of hydrogen-bond donors (Lipinski definition) is 0. The van der Waals surface area contributed by atoms with E-state index in [0.717, 1.165) is 18.4 Å². The summed E-state index contributed by atoms with van der Waals surface area (Å²) >= 11 is 0. The van der Waals surface area contributed by atoms with Crippen LogP contribution in [0, 0.1) is 0 Å². The van der Waals surface area contributed by atoms with Crippen molar-refractivity contribution >= 4 is 11.9 Å². The summed E-state index contributed by atoms with van der Waals surface area (Å²) in [6.07, 6.45) is 5.87. The van der Waals surface area contributed by atoms with Gasteiger partial charge in [-0.15, -0.1) is 0 Å². The highest BCUT2D eigenvalue weighted by Crippen LogP contribution is 2.20. The second kappa shape index (κ2) is 11.2. The van der Waals surface area contributed by atoms with Gasteiger partial charge in [-0.2, -0.15) is 0 Å². The number of ether oxygens (including phenoxy) is 2. The maximum atomic E-state index is 11.1. The Labute approximate surface area is 150 Å². The molecule has 136 valence electrons. The van der Waals surface area contributed by atoms with Gasteiger partial charge in [0.25, 0.3) is 0 Å². The summed E-state index contributed by atoms with van der Waals surface area (Å²) in [7, 11) is 0. The quantitative estimate of drug-likeness (QED) is 0.571. The van der Waals surface area contributed by atoms with E-state index in [4.69, 9.17) is 9.47 Å². The number of carbonyl (C=O) groups excluding carboxylic acids is 2. The van der Waals surface area contributed by atoms with Gasteiger partial charge in [-0.1, -0.05) is 49.9 Å². The van der Waals surface area contributed by atoms with Crippen molar-refractivity contribution in [2.75, 3.05) is 0 Å². The Bertz CT molecular complexity index is 583. The maximum Gasteiger partial charge on any atom is 0.333 e. The van der Waals surface area contributed by atoms with Crippen LogP contribution in [0.2, 0.25) is 0 Å². The van der Waals surface area contributed by atoms with Gasteiger partial charge in [0.15, 0.2) is 0 Å². The number of benzene rings is 1. The van der Waals surface area contributed by atoms with Crippen LogP contribution >= 0.6 is 0 Å². The lowest BCUT2D eigenvalue weighted by atomic mass is 9.98. The molecule has 0 unspecified atom stereocenters. The molecule has 0 aliphatic heterocycles. The van der Waals surface area contributed by atoms with Crippen molar-refractivity contribution in [1.82, 2.24) is 0 Å². The summed E-state index contributed by atoms with van der Waals surface area (Å²) in [5.74, 6) is -0.578. The van der Waals surface area contributed by atoms with Crippen molar-refractivity contribution in [3.63, 3.8) is 0 Å². The molecule has 4 heteroatoms. The van der Waals surface area contributed by atoms with Crippen LogP contribution in [-0.2, 0) is 25.7 Å². The minimum absolute atomic E-state index is 0.156. The van der Waals surface area contributed by atoms with Crippen LogP contribution in [-0.4, -0.2) is 18.0 Å². The third-order valence-electron chi connectivity index (χ3n) is 3.74. The van der Waals surface area contributed by atoms with Gasteiger partial charge in [0.05, 0.1) is 0 Å². The second-order valence-corrected chi connectivity index (χ2v) is 6.29. The van der Waals surface area contributed by atoms with Crippen molar-refractivity contribution < 1.29 is 19.1 Å². The smallest absolute Gasteiger partial charge is 0.333 e. The highest BCUT2D eigenvalue weighted by Gasteiger charge is 2.17. The van der Waals surface area contributed by atoms with E-state index in [1.165, 1.54) is 19.3 Å². The minimum Gasteiger partial charge on any atom is -0.459 e. The van der Waals surface area contributed by atoms with E-state index in [-0.39, 0.29) is 18.0 Å². The van der Waals surface area contributed by atoms with Crippen LogP contribution in [0.1, 0.15) is 51.5 Å². The van der Waals surface area contributed by atoms with Gasteiger partial charge in [0, 0.05) is 11.1 Å². The molecule has 1 aliphatic rings. The molecule has 0 N–H and O–H groups in total. The molecule has 0 radical (unpaired) electrons. The monoisotopic (exact) mass is 344 g/mol. The number of hydrogen-bond acceptors (Lipinski definition) is 4. The van der Waals surface area contributed by atoms with Gasteiger partial charge in [-0.3, -0.25) is 0 Å². The molecule has 0 heterocycles. The second-order valence-electron chi connectivity index (χ2n) is 6.29. The highest BCUT2D eigenvalue weighted by atomic mass is 16.5. The molecule has 1 saturated carbocycles. The van der Waals surface area contributed by atoms with Crippen LogP contribution in [0.25, 0.3) is 0 Å². The fourth-order valence-electron chi connectivity index (χ4n) is 2.28. The molecule has 0 bridgehead atoms. The summed E-state index contributed by atoms with van der Waals surface area (Å²) in [4.78, 5) is 22.1. The molecule has 0 aromatic heterocycles. The largest absolute Gasteiger partial charge is 0.459 e. The van der Waals surface area contributed by atoms with Crippen molar-refractivity contribution in [3.8, 4) is 0 Å².